The van der Waals surface area contributed by atoms with Gasteiger partial charge < -0.3 is 4.74 Å². The van der Waals surface area contributed by atoms with E-state index >= 15 is 0 Å². The van der Waals surface area contributed by atoms with E-state index in [0.29, 0.717) is 12.1 Å². The quantitative estimate of drug-likeness (QED) is 0.817. The van der Waals surface area contributed by atoms with E-state index in [9.17, 15) is 0 Å². The van der Waals surface area contributed by atoms with Gasteiger partial charge in [0.25, 0.3) is 0 Å². The normalized spacial score (nSPS) is 25.1. The number of hydrogen-bond acceptors (Lipinski definition) is 5. The van der Waals surface area contributed by atoms with Gasteiger partial charge in [-0.1, -0.05) is 0 Å². The van der Waals surface area contributed by atoms with Gasteiger partial charge in [-0.15, -0.1) is 0 Å². The van der Waals surface area contributed by atoms with Crippen LogP contribution in [0.2, 0.25) is 0 Å². The van der Waals surface area contributed by atoms with E-state index < -0.39 is 0 Å². The minimum atomic E-state index is 0.373. The van der Waals surface area contributed by atoms with E-state index in [1.165, 1.54) is 5.56 Å². The fraction of sp³-hybridized carbons (Fsp3) is 0.722. The molecule has 23 heavy (non-hydrogen) atoms. The fourth-order valence-corrected chi connectivity index (χ4v) is 3.49. The van der Waals surface area contributed by atoms with Crippen LogP contribution in [0.3, 0.4) is 0 Å². The predicted molar refractivity (Wildman–Crippen MR) is 92.4 cm³/mol. The number of nitrogens with zero attached hydrogens (tertiary/aromatic N) is 4. The van der Waals surface area contributed by atoms with Gasteiger partial charge in [-0.05, 0) is 31.5 Å². The van der Waals surface area contributed by atoms with E-state index in [0.717, 1.165) is 59.0 Å². The van der Waals surface area contributed by atoms with Crippen LogP contribution in [0.5, 0.6) is 0 Å². The van der Waals surface area contributed by atoms with Crippen LogP contribution in [-0.4, -0.2) is 84.2 Å². The molecule has 2 aliphatic rings. The van der Waals surface area contributed by atoms with Gasteiger partial charge in [-0.2, -0.15) is 0 Å². The highest BCUT2D eigenvalue weighted by Gasteiger charge is 2.25. The molecule has 0 spiro atoms. The van der Waals surface area contributed by atoms with Crippen molar-refractivity contribution >= 4 is 0 Å². The summed E-state index contributed by atoms with van der Waals surface area (Å²) in [5.41, 5.74) is 1.36. The summed E-state index contributed by atoms with van der Waals surface area (Å²) in [6.07, 6.45) is 4.14. The molecule has 2 fully saturated rings. The third-order valence-electron chi connectivity index (χ3n) is 4.98. The monoisotopic (exact) mass is 318 g/mol. The zero-order valence-electron chi connectivity index (χ0n) is 14.5. The van der Waals surface area contributed by atoms with Crippen molar-refractivity contribution < 1.29 is 4.74 Å². The molecule has 5 nitrogen and oxygen atoms in total. The van der Waals surface area contributed by atoms with Gasteiger partial charge in [0.05, 0.1) is 12.7 Å². The van der Waals surface area contributed by atoms with Crippen molar-refractivity contribution in [1.82, 2.24) is 19.7 Å². The second-order valence-corrected chi connectivity index (χ2v) is 7.01. The molecule has 128 valence electrons. The lowest BCUT2D eigenvalue weighted by molar-refractivity contribution is -0.0565. The summed E-state index contributed by atoms with van der Waals surface area (Å²) in [5, 5.41) is 0. The van der Waals surface area contributed by atoms with Crippen molar-refractivity contribution in [3.05, 3.63) is 30.1 Å². The average Bonchev–Trinajstić information content (AvgIpc) is 2.58. The van der Waals surface area contributed by atoms with Crippen LogP contribution >= 0.6 is 0 Å². The van der Waals surface area contributed by atoms with Crippen molar-refractivity contribution in [3.8, 4) is 0 Å². The third kappa shape index (κ3) is 4.98. The minimum absolute atomic E-state index is 0.373. The molecule has 0 aromatic carbocycles. The Morgan fingerprint density at radius 1 is 1.09 bits per heavy atom. The lowest BCUT2D eigenvalue weighted by Crippen LogP contribution is -2.53. The molecular weight excluding hydrogens is 288 g/mol. The molecule has 2 aliphatic heterocycles. The number of morpholine rings is 1. The van der Waals surface area contributed by atoms with E-state index in [-0.39, 0.29) is 0 Å². The summed E-state index contributed by atoms with van der Waals surface area (Å²) in [7, 11) is 0. The Kier molecular flexibility index (Phi) is 6.00. The Balaban J connectivity index is 1.41. The summed E-state index contributed by atoms with van der Waals surface area (Å²) < 4.78 is 5.98. The largest absolute Gasteiger partial charge is 0.374 e. The van der Waals surface area contributed by atoms with Crippen molar-refractivity contribution in [2.75, 3.05) is 52.4 Å². The Morgan fingerprint density at radius 3 is 2.48 bits per heavy atom. The molecule has 0 bridgehead atoms. The second-order valence-electron chi connectivity index (χ2n) is 7.01. The molecule has 0 aliphatic carbocycles. The number of rotatable bonds is 5. The molecule has 0 radical (unpaired) electrons. The molecule has 0 amide bonds. The molecule has 2 saturated heterocycles. The molecule has 3 heterocycles. The summed E-state index contributed by atoms with van der Waals surface area (Å²) in [6, 6.07) is 4.85. The van der Waals surface area contributed by atoms with E-state index in [1.807, 2.05) is 12.4 Å². The highest BCUT2D eigenvalue weighted by atomic mass is 16.5. The van der Waals surface area contributed by atoms with Crippen LogP contribution in [0.25, 0.3) is 0 Å². The maximum absolute atomic E-state index is 5.98. The Hall–Kier alpha value is -1.01. The summed E-state index contributed by atoms with van der Waals surface area (Å²) in [4.78, 5) is 11.7. The Labute approximate surface area is 140 Å². The van der Waals surface area contributed by atoms with Crippen LogP contribution < -0.4 is 0 Å². The topological polar surface area (TPSA) is 31.8 Å². The fourth-order valence-electron chi connectivity index (χ4n) is 3.49. The number of aromatic nitrogens is 1. The van der Waals surface area contributed by atoms with Crippen LogP contribution in [0.15, 0.2) is 24.5 Å². The highest BCUT2D eigenvalue weighted by molar-refractivity contribution is 5.09. The Bertz CT molecular complexity index is 459. The van der Waals surface area contributed by atoms with Crippen molar-refractivity contribution in [2.24, 2.45) is 0 Å². The maximum atomic E-state index is 5.98. The van der Waals surface area contributed by atoms with Gasteiger partial charge in [0.1, 0.15) is 0 Å². The first kappa shape index (κ1) is 16.8. The smallest absolute Gasteiger partial charge is 0.0829 e. The lowest BCUT2D eigenvalue weighted by atomic mass is 10.2. The van der Waals surface area contributed by atoms with Gasteiger partial charge in [0.2, 0.25) is 0 Å². The first-order chi connectivity index (χ1) is 11.2. The van der Waals surface area contributed by atoms with E-state index in [4.69, 9.17) is 4.74 Å². The third-order valence-corrected chi connectivity index (χ3v) is 4.98. The summed E-state index contributed by atoms with van der Waals surface area (Å²) >= 11 is 0. The molecule has 5 heteroatoms. The molecule has 0 saturated carbocycles. The molecule has 0 N–H and O–H groups in total. The van der Waals surface area contributed by atoms with Crippen LogP contribution in [0.1, 0.15) is 19.4 Å². The van der Waals surface area contributed by atoms with Crippen molar-refractivity contribution in [3.63, 3.8) is 0 Å². The van der Waals surface area contributed by atoms with E-state index in [2.05, 4.69) is 45.7 Å². The number of pyridine rings is 1. The van der Waals surface area contributed by atoms with Gasteiger partial charge in [0.15, 0.2) is 0 Å². The van der Waals surface area contributed by atoms with E-state index in [1.54, 1.807) is 0 Å². The lowest BCUT2D eigenvalue weighted by Gasteiger charge is -2.40. The van der Waals surface area contributed by atoms with Crippen molar-refractivity contribution in [1.29, 1.82) is 0 Å². The number of ether oxygens (including phenoxy) is 1. The minimum Gasteiger partial charge on any atom is -0.374 e. The second kappa shape index (κ2) is 8.20. The molecule has 1 aromatic rings. The molecular formula is C18H30N4O. The maximum Gasteiger partial charge on any atom is 0.0829 e. The Morgan fingerprint density at radius 2 is 1.78 bits per heavy atom. The summed E-state index contributed by atoms with van der Waals surface area (Å²) in [6.45, 7) is 14.3. The van der Waals surface area contributed by atoms with Crippen LogP contribution in [0, 0.1) is 0 Å². The zero-order chi connectivity index (χ0) is 16.1. The molecule has 3 rings (SSSR count). The van der Waals surface area contributed by atoms with Gasteiger partial charge in [0, 0.05) is 70.8 Å². The average molecular weight is 318 g/mol. The first-order valence-electron chi connectivity index (χ1n) is 8.90. The zero-order valence-corrected chi connectivity index (χ0v) is 14.5. The number of hydrogen-bond donors (Lipinski definition) is 0. The van der Waals surface area contributed by atoms with Crippen LogP contribution in [-0.2, 0) is 11.3 Å². The summed E-state index contributed by atoms with van der Waals surface area (Å²) in [5.74, 6) is 0. The number of piperazine rings is 1. The first-order valence-corrected chi connectivity index (χ1v) is 8.90. The van der Waals surface area contributed by atoms with Crippen LogP contribution in [0.4, 0.5) is 0 Å². The SMILES string of the molecule is CC(C)N1CCOC(CN2CCN(Cc3ccncc3)CC2)C1. The van der Waals surface area contributed by atoms with Gasteiger partial charge in [-0.3, -0.25) is 19.7 Å². The van der Waals surface area contributed by atoms with Gasteiger partial charge in [-0.25, -0.2) is 0 Å². The molecule has 1 unspecified atom stereocenters. The molecule has 1 atom stereocenters. The standard InChI is InChI=1S/C18H30N4O/c1-16(2)22-11-12-23-18(15-22)14-21-9-7-20(8-10-21)13-17-3-5-19-6-4-17/h3-6,16,18H,7-15H2,1-2H3. The molecule has 1 aromatic heterocycles. The highest BCUT2D eigenvalue weighted by Crippen LogP contribution is 2.13. The van der Waals surface area contributed by atoms with Gasteiger partial charge >= 0.3 is 0 Å². The van der Waals surface area contributed by atoms with Crippen molar-refractivity contribution in [2.45, 2.75) is 32.5 Å². The predicted octanol–water partition coefficient (Wildman–Crippen LogP) is 1.31.